The Balaban J connectivity index is 2.14. The van der Waals surface area contributed by atoms with Gasteiger partial charge in [-0.2, -0.15) is 4.68 Å². The highest BCUT2D eigenvalue weighted by molar-refractivity contribution is 5.61. The molecule has 21 heavy (non-hydrogen) atoms. The third kappa shape index (κ3) is 2.31. The van der Waals surface area contributed by atoms with Crippen molar-refractivity contribution in [1.29, 1.82) is 0 Å². The smallest absolute Gasteiger partial charge is 0.190 e. The molecule has 106 valence electrons. The largest absolute Gasteiger partial charge is 0.399 e. The highest BCUT2D eigenvalue weighted by atomic mass is 19.2. The fourth-order valence-electron chi connectivity index (χ4n) is 1.86. The van der Waals surface area contributed by atoms with Crippen LogP contribution in [0, 0.1) is 17.5 Å². The number of aromatic nitrogens is 4. The lowest BCUT2D eigenvalue weighted by Crippen LogP contribution is -2.02. The zero-order valence-electron chi connectivity index (χ0n) is 10.5. The van der Waals surface area contributed by atoms with Gasteiger partial charge in [-0.25, -0.2) is 13.2 Å². The Labute approximate surface area is 116 Å². The van der Waals surface area contributed by atoms with Crippen molar-refractivity contribution < 1.29 is 13.2 Å². The second kappa shape index (κ2) is 4.89. The number of anilines is 1. The lowest BCUT2D eigenvalue weighted by molar-refractivity contribution is 0.507. The Bertz CT molecular complexity index is 815. The first-order valence-electron chi connectivity index (χ1n) is 5.85. The van der Waals surface area contributed by atoms with E-state index >= 15 is 0 Å². The highest BCUT2D eigenvalue weighted by Gasteiger charge is 2.16. The molecule has 0 fully saturated rings. The fourth-order valence-corrected chi connectivity index (χ4v) is 1.86. The van der Waals surface area contributed by atoms with Gasteiger partial charge in [-0.3, -0.25) is 0 Å². The predicted octanol–water partition coefficient (Wildman–Crippen LogP) is 2.33. The van der Waals surface area contributed by atoms with Gasteiger partial charge in [-0.1, -0.05) is 0 Å². The molecule has 0 spiro atoms. The van der Waals surface area contributed by atoms with Crippen LogP contribution in [0.3, 0.4) is 0 Å². The maximum absolute atomic E-state index is 13.9. The molecule has 0 saturated heterocycles. The van der Waals surface area contributed by atoms with Crippen LogP contribution in [0.4, 0.5) is 18.9 Å². The van der Waals surface area contributed by atoms with Crippen LogP contribution in [0.2, 0.25) is 0 Å². The van der Waals surface area contributed by atoms with E-state index in [2.05, 4.69) is 15.5 Å². The summed E-state index contributed by atoms with van der Waals surface area (Å²) in [5.41, 5.74) is 6.00. The summed E-state index contributed by atoms with van der Waals surface area (Å²) in [6, 6.07) is 7.17. The maximum Gasteiger partial charge on any atom is 0.190 e. The first kappa shape index (κ1) is 13.1. The summed E-state index contributed by atoms with van der Waals surface area (Å²) >= 11 is 0. The van der Waals surface area contributed by atoms with Gasteiger partial charge >= 0.3 is 0 Å². The number of nitrogens with zero attached hydrogens (tertiary/aromatic N) is 4. The SMILES string of the molecule is Nc1ccc(-c2nnnn2-c2ccc(F)c(F)c2)c(F)c1. The second-order valence-corrected chi connectivity index (χ2v) is 4.25. The topological polar surface area (TPSA) is 69.6 Å². The molecule has 0 aliphatic rings. The van der Waals surface area contributed by atoms with Gasteiger partial charge in [0.05, 0.1) is 11.3 Å². The number of hydrogen-bond donors (Lipinski definition) is 1. The number of hydrogen-bond acceptors (Lipinski definition) is 4. The maximum atomic E-state index is 13.9. The van der Waals surface area contributed by atoms with Crippen molar-refractivity contribution in [2.45, 2.75) is 0 Å². The first-order valence-corrected chi connectivity index (χ1v) is 5.85. The van der Waals surface area contributed by atoms with Crippen LogP contribution in [0.25, 0.3) is 17.1 Å². The average Bonchev–Trinajstić information content (AvgIpc) is 2.91. The van der Waals surface area contributed by atoms with E-state index in [0.717, 1.165) is 22.9 Å². The standard InChI is InChI=1S/C13H8F3N5/c14-10-4-2-8(6-12(10)16)21-13(18-19-20-21)9-3-1-7(17)5-11(9)15/h1-6H,17H2. The number of nitrogen functional groups attached to an aromatic ring is 1. The van der Waals surface area contributed by atoms with Gasteiger partial charge in [0, 0.05) is 11.8 Å². The van der Waals surface area contributed by atoms with Crippen LogP contribution in [0.1, 0.15) is 0 Å². The summed E-state index contributed by atoms with van der Waals surface area (Å²) in [5.74, 6) is -2.61. The number of tetrazole rings is 1. The predicted molar refractivity (Wildman–Crippen MR) is 68.9 cm³/mol. The molecule has 8 heteroatoms. The molecule has 3 rings (SSSR count). The normalized spacial score (nSPS) is 10.8. The van der Waals surface area contributed by atoms with Gasteiger partial charge in [0.1, 0.15) is 5.82 Å². The molecule has 3 aromatic rings. The van der Waals surface area contributed by atoms with Crippen molar-refractivity contribution in [2.75, 3.05) is 5.73 Å². The Morgan fingerprint density at radius 2 is 1.71 bits per heavy atom. The van der Waals surface area contributed by atoms with Gasteiger partial charge in [0.25, 0.3) is 0 Å². The van der Waals surface area contributed by atoms with Crippen LogP contribution < -0.4 is 5.73 Å². The summed E-state index contributed by atoms with van der Waals surface area (Å²) in [4.78, 5) is 0. The minimum absolute atomic E-state index is 0.0542. The number of halogens is 3. The number of benzene rings is 2. The van der Waals surface area contributed by atoms with E-state index in [0.29, 0.717) is 0 Å². The molecule has 2 aromatic carbocycles. The molecular weight excluding hydrogens is 283 g/mol. The van der Waals surface area contributed by atoms with E-state index < -0.39 is 17.5 Å². The Hall–Kier alpha value is -2.90. The number of rotatable bonds is 2. The molecule has 1 aromatic heterocycles. The molecule has 0 aliphatic heterocycles. The van der Waals surface area contributed by atoms with Crippen molar-refractivity contribution >= 4 is 5.69 Å². The number of nitrogens with two attached hydrogens (primary N) is 1. The summed E-state index contributed by atoms with van der Waals surface area (Å²) in [6.07, 6.45) is 0. The minimum Gasteiger partial charge on any atom is -0.399 e. The molecule has 0 saturated carbocycles. The lowest BCUT2D eigenvalue weighted by Gasteiger charge is -2.06. The fraction of sp³-hybridized carbons (Fsp3) is 0. The quantitative estimate of drug-likeness (QED) is 0.736. The molecule has 2 N–H and O–H groups in total. The van der Waals surface area contributed by atoms with Crippen molar-refractivity contribution in [3.63, 3.8) is 0 Å². The van der Waals surface area contributed by atoms with Crippen molar-refractivity contribution in [1.82, 2.24) is 20.2 Å². The summed E-state index contributed by atoms with van der Waals surface area (Å²) in [7, 11) is 0. The average molecular weight is 291 g/mol. The monoisotopic (exact) mass is 291 g/mol. The van der Waals surface area contributed by atoms with E-state index in [9.17, 15) is 13.2 Å². The third-order valence-corrected chi connectivity index (χ3v) is 2.85. The zero-order valence-corrected chi connectivity index (χ0v) is 10.5. The first-order chi connectivity index (χ1) is 10.1. The van der Waals surface area contributed by atoms with E-state index in [4.69, 9.17) is 5.73 Å². The van der Waals surface area contributed by atoms with Gasteiger partial charge in [-0.15, -0.1) is 5.10 Å². The molecular formula is C13H8F3N5. The summed E-state index contributed by atoms with van der Waals surface area (Å²) in [5, 5.41) is 10.8. The van der Waals surface area contributed by atoms with Crippen molar-refractivity contribution in [3.05, 3.63) is 53.8 Å². The van der Waals surface area contributed by atoms with Gasteiger partial charge in [0.15, 0.2) is 17.5 Å². The van der Waals surface area contributed by atoms with Crippen LogP contribution in [0.5, 0.6) is 0 Å². The van der Waals surface area contributed by atoms with Gasteiger partial charge in [0.2, 0.25) is 0 Å². The Morgan fingerprint density at radius 3 is 2.43 bits per heavy atom. The van der Waals surface area contributed by atoms with E-state index in [1.54, 1.807) is 0 Å². The minimum atomic E-state index is -1.05. The lowest BCUT2D eigenvalue weighted by atomic mass is 10.1. The van der Waals surface area contributed by atoms with Crippen LogP contribution >= 0.6 is 0 Å². The molecule has 1 heterocycles. The van der Waals surface area contributed by atoms with E-state index in [1.807, 2.05) is 0 Å². The molecule has 0 unspecified atom stereocenters. The van der Waals surface area contributed by atoms with E-state index in [1.165, 1.54) is 18.2 Å². The summed E-state index contributed by atoms with van der Waals surface area (Å²) in [6.45, 7) is 0. The van der Waals surface area contributed by atoms with Crippen LogP contribution in [0.15, 0.2) is 36.4 Å². The molecule has 0 aliphatic carbocycles. The van der Waals surface area contributed by atoms with Gasteiger partial charge in [-0.05, 0) is 40.8 Å². The summed E-state index contributed by atoms with van der Waals surface area (Å²) < 4.78 is 41.3. The molecule has 5 nitrogen and oxygen atoms in total. The highest BCUT2D eigenvalue weighted by Crippen LogP contribution is 2.24. The molecule has 0 radical (unpaired) electrons. The van der Waals surface area contributed by atoms with E-state index in [-0.39, 0.29) is 22.8 Å². The van der Waals surface area contributed by atoms with Crippen LogP contribution in [-0.2, 0) is 0 Å². The molecule has 0 bridgehead atoms. The Kier molecular flexibility index (Phi) is 3.05. The zero-order chi connectivity index (χ0) is 15.0. The van der Waals surface area contributed by atoms with Crippen molar-refractivity contribution in [3.8, 4) is 17.1 Å². The van der Waals surface area contributed by atoms with Gasteiger partial charge < -0.3 is 5.73 Å². The molecule has 0 amide bonds. The van der Waals surface area contributed by atoms with Crippen LogP contribution in [-0.4, -0.2) is 20.2 Å². The third-order valence-electron chi connectivity index (χ3n) is 2.85. The van der Waals surface area contributed by atoms with Crippen molar-refractivity contribution in [2.24, 2.45) is 0 Å². The molecule has 0 atom stereocenters. The second-order valence-electron chi connectivity index (χ2n) is 4.25. The Morgan fingerprint density at radius 1 is 0.905 bits per heavy atom.